The second-order valence-electron chi connectivity index (χ2n) is 3.66. The van der Waals surface area contributed by atoms with Gasteiger partial charge in [0, 0.05) is 20.6 Å². The molecular weight excluding hydrogens is 288 g/mol. The van der Waals surface area contributed by atoms with Crippen molar-refractivity contribution in [2.45, 2.75) is 27.0 Å². The number of aliphatic hydroxyl groups is 1. The van der Waals surface area contributed by atoms with E-state index in [2.05, 4.69) is 26.4 Å². The third-order valence-corrected chi connectivity index (χ3v) is 4.58. The van der Waals surface area contributed by atoms with Gasteiger partial charge in [-0.15, -0.1) is 11.3 Å². The second kappa shape index (κ2) is 4.69. The average molecular weight is 301 g/mol. The maximum atomic E-state index is 9.23. The topological polar surface area (TPSA) is 38.0 Å². The van der Waals surface area contributed by atoms with Crippen molar-refractivity contribution in [1.82, 2.24) is 9.78 Å². The van der Waals surface area contributed by atoms with Crippen molar-refractivity contribution in [3.8, 4) is 0 Å². The van der Waals surface area contributed by atoms with E-state index in [9.17, 15) is 5.11 Å². The molecule has 2 aromatic heterocycles. The van der Waals surface area contributed by atoms with Crippen LogP contribution in [-0.2, 0) is 13.2 Å². The Balaban J connectivity index is 2.32. The van der Waals surface area contributed by atoms with E-state index in [0.717, 1.165) is 28.0 Å². The van der Waals surface area contributed by atoms with E-state index in [1.807, 2.05) is 24.6 Å². The van der Waals surface area contributed by atoms with Gasteiger partial charge < -0.3 is 5.11 Å². The minimum atomic E-state index is 0.0588. The highest BCUT2D eigenvalue weighted by Gasteiger charge is 2.12. The molecule has 86 valence electrons. The Bertz CT molecular complexity index is 504. The van der Waals surface area contributed by atoms with Crippen LogP contribution in [0.2, 0.25) is 0 Å². The molecule has 5 heteroatoms. The van der Waals surface area contributed by atoms with Gasteiger partial charge in [0.1, 0.15) is 0 Å². The van der Waals surface area contributed by atoms with Gasteiger partial charge in [-0.25, -0.2) is 0 Å². The van der Waals surface area contributed by atoms with E-state index in [4.69, 9.17) is 0 Å². The lowest BCUT2D eigenvalue weighted by Gasteiger charge is -2.03. The number of hydrogen-bond donors (Lipinski definition) is 1. The molecule has 0 saturated carbocycles. The molecule has 16 heavy (non-hydrogen) atoms. The normalized spacial score (nSPS) is 11.0. The molecule has 0 aromatic carbocycles. The molecule has 0 bridgehead atoms. The lowest BCUT2D eigenvalue weighted by Crippen LogP contribution is -2.03. The first kappa shape index (κ1) is 11.8. The van der Waals surface area contributed by atoms with E-state index in [0.29, 0.717) is 0 Å². The average Bonchev–Trinajstić information content (AvgIpc) is 2.74. The van der Waals surface area contributed by atoms with Crippen LogP contribution >= 0.6 is 27.3 Å². The molecule has 0 atom stereocenters. The molecule has 2 aromatic rings. The van der Waals surface area contributed by atoms with Gasteiger partial charge in [-0.05, 0) is 41.2 Å². The van der Waals surface area contributed by atoms with Crippen molar-refractivity contribution in [2.24, 2.45) is 0 Å². The first-order valence-corrected chi connectivity index (χ1v) is 6.66. The summed E-state index contributed by atoms with van der Waals surface area (Å²) >= 11 is 5.22. The molecule has 0 saturated heterocycles. The Morgan fingerprint density at radius 1 is 1.50 bits per heavy atom. The Hall–Kier alpha value is -0.650. The Labute approximate surface area is 107 Å². The van der Waals surface area contributed by atoms with Crippen molar-refractivity contribution in [3.63, 3.8) is 0 Å². The first-order chi connectivity index (χ1) is 7.63. The minimum absolute atomic E-state index is 0.0588. The zero-order valence-corrected chi connectivity index (χ0v) is 11.6. The standard InChI is InChI=1S/C11H13BrN2OS/c1-7-9(6-15)8(2)14(13-7)5-11-10(12)3-4-16-11/h3-4,15H,5-6H2,1-2H3. The van der Waals surface area contributed by atoms with Gasteiger partial charge in [0.2, 0.25) is 0 Å². The quantitative estimate of drug-likeness (QED) is 0.946. The molecule has 0 radical (unpaired) electrons. The summed E-state index contributed by atoms with van der Waals surface area (Å²) in [6.07, 6.45) is 0. The molecule has 0 aliphatic heterocycles. The molecule has 0 fully saturated rings. The van der Waals surface area contributed by atoms with E-state index < -0.39 is 0 Å². The summed E-state index contributed by atoms with van der Waals surface area (Å²) in [6, 6.07) is 2.04. The van der Waals surface area contributed by atoms with Crippen LogP contribution in [0.1, 0.15) is 21.8 Å². The van der Waals surface area contributed by atoms with Gasteiger partial charge in [0.15, 0.2) is 0 Å². The van der Waals surface area contributed by atoms with Crippen LogP contribution in [-0.4, -0.2) is 14.9 Å². The fourth-order valence-electron chi connectivity index (χ4n) is 1.69. The minimum Gasteiger partial charge on any atom is -0.392 e. The molecule has 2 heterocycles. The van der Waals surface area contributed by atoms with Gasteiger partial charge in [-0.1, -0.05) is 0 Å². The fraction of sp³-hybridized carbons (Fsp3) is 0.364. The van der Waals surface area contributed by atoms with Gasteiger partial charge in [-0.2, -0.15) is 5.10 Å². The number of hydrogen-bond acceptors (Lipinski definition) is 3. The van der Waals surface area contributed by atoms with E-state index in [1.54, 1.807) is 11.3 Å². The van der Waals surface area contributed by atoms with Crippen molar-refractivity contribution in [1.29, 1.82) is 0 Å². The number of halogens is 1. The molecule has 3 nitrogen and oxygen atoms in total. The number of aryl methyl sites for hydroxylation is 1. The maximum Gasteiger partial charge on any atom is 0.0766 e. The highest BCUT2D eigenvalue weighted by Crippen LogP contribution is 2.24. The van der Waals surface area contributed by atoms with E-state index in [-0.39, 0.29) is 6.61 Å². The molecule has 0 unspecified atom stereocenters. The maximum absolute atomic E-state index is 9.23. The Morgan fingerprint density at radius 3 is 2.75 bits per heavy atom. The molecular formula is C11H13BrN2OS. The van der Waals surface area contributed by atoms with Crippen LogP contribution in [0.3, 0.4) is 0 Å². The number of thiophene rings is 1. The van der Waals surface area contributed by atoms with Crippen molar-refractivity contribution in [3.05, 3.63) is 37.7 Å². The molecule has 1 N–H and O–H groups in total. The molecule has 0 spiro atoms. The number of aromatic nitrogens is 2. The smallest absolute Gasteiger partial charge is 0.0766 e. The third-order valence-electron chi connectivity index (χ3n) is 2.67. The van der Waals surface area contributed by atoms with Crippen LogP contribution in [0.4, 0.5) is 0 Å². The summed E-state index contributed by atoms with van der Waals surface area (Å²) in [4.78, 5) is 1.25. The number of nitrogens with zero attached hydrogens (tertiary/aromatic N) is 2. The second-order valence-corrected chi connectivity index (χ2v) is 5.51. The van der Waals surface area contributed by atoms with Crippen LogP contribution in [0, 0.1) is 13.8 Å². The lowest BCUT2D eigenvalue weighted by molar-refractivity contribution is 0.280. The number of aliphatic hydroxyl groups excluding tert-OH is 1. The van der Waals surface area contributed by atoms with Crippen molar-refractivity contribution >= 4 is 27.3 Å². The van der Waals surface area contributed by atoms with Crippen molar-refractivity contribution in [2.75, 3.05) is 0 Å². The van der Waals surface area contributed by atoms with Crippen LogP contribution in [0.25, 0.3) is 0 Å². The molecule has 0 amide bonds. The zero-order chi connectivity index (χ0) is 11.7. The van der Waals surface area contributed by atoms with Gasteiger partial charge in [0.05, 0.1) is 18.8 Å². The summed E-state index contributed by atoms with van der Waals surface area (Å²) in [5.74, 6) is 0. The Kier molecular flexibility index (Phi) is 3.47. The monoisotopic (exact) mass is 300 g/mol. The SMILES string of the molecule is Cc1nn(Cc2sccc2Br)c(C)c1CO. The molecule has 2 rings (SSSR count). The van der Waals surface area contributed by atoms with Gasteiger partial charge >= 0.3 is 0 Å². The summed E-state index contributed by atoms with van der Waals surface area (Å²) in [7, 11) is 0. The number of rotatable bonds is 3. The summed E-state index contributed by atoms with van der Waals surface area (Å²) in [5.41, 5.74) is 2.89. The predicted octanol–water partition coefficient (Wildman–Crippen LogP) is 2.86. The largest absolute Gasteiger partial charge is 0.392 e. The predicted molar refractivity (Wildman–Crippen MR) is 68.7 cm³/mol. The highest BCUT2D eigenvalue weighted by molar-refractivity contribution is 9.10. The summed E-state index contributed by atoms with van der Waals surface area (Å²) in [6.45, 7) is 4.74. The summed E-state index contributed by atoms with van der Waals surface area (Å²) < 4.78 is 3.06. The lowest BCUT2D eigenvalue weighted by atomic mass is 10.2. The van der Waals surface area contributed by atoms with E-state index in [1.165, 1.54) is 4.88 Å². The zero-order valence-electron chi connectivity index (χ0n) is 9.20. The van der Waals surface area contributed by atoms with Crippen LogP contribution in [0.15, 0.2) is 15.9 Å². The van der Waals surface area contributed by atoms with Gasteiger partial charge in [0.25, 0.3) is 0 Å². The van der Waals surface area contributed by atoms with Gasteiger partial charge in [-0.3, -0.25) is 4.68 Å². The summed E-state index contributed by atoms with van der Waals surface area (Å²) in [5, 5.41) is 15.7. The molecule has 0 aliphatic rings. The third kappa shape index (κ3) is 2.07. The van der Waals surface area contributed by atoms with Crippen LogP contribution < -0.4 is 0 Å². The van der Waals surface area contributed by atoms with Crippen molar-refractivity contribution < 1.29 is 5.11 Å². The van der Waals surface area contributed by atoms with E-state index >= 15 is 0 Å². The fourth-order valence-corrected chi connectivity index (χ4v) is 3.15. The first-order valence-electron chi connectivity index (χ1n) is 4.99. The highest BCUT2D eigenvalue weighted by atomic mass is 79.9. The Morgan fingerprint density at radius 2 is 2.25 bits per heavy atom. The molecule has 0 aliphatic carbocycles. The van der Waals surface area contributed by atoms with Crippen LogP contribution in [0.5, 0.6) is 0 Å².